The van der Waals surface area contributed by atoms with Crippen LogP contribution in [0.3, 0.4) is 0 Å². The van der Waals surface area contributed by atoms with Gasteiger partial charge in [-0.05, 0) is 12.8 Å². The molecule has 0 saturated heterocycles. The van der Waals surface area contributed by atoms with Gasteiger partial charge >= 0.3 is 0 Å². The minimum Gasteiger partial charge on any atom is -0.324 e. The van der Waals surface area contributed by atoms with Gasteiger partial charge in [0.25, 0.3) is 0 Å². The Hall–Kier alpha value is -1.42. The molecule has 0 atom stereocenters. The predicted molar refractivity (Wildman–Crippen MR) is 54.9 cm³/mol. The fourth-order valence-corrected chi connectivity index (χ4v) is 1.25. The summed E-state index contributed by atoms with van der Waals surface area (Å²) in [4.78, 5) is 0. The minimum atomic E-state index is 0.798. The molecule has 0 amide bonds. The molecule has 14 heavy (non-hydrogen) atoms. The summed E-state index contributed by atoms with van der Waals surface area (Å²) in [5.41, 5.74) is 0. The third-order valence-electron chi connectivity index (χ3n) is 2.01. The average Bonchev–Trinajstić information content (AvgIpc) is 2.21. The zero-order chi connectivity index (χ0) is 10.5. The largest absolute Gasteiger partial charge is 0.324 e. The molecule has 78 valence electrons. The first-order valence-corrected chi connectivity index (χ1v) is 5.15. The van der Waals surface area contributed by atoms with Crippen LogP contribution < -0.4 is 10.6 Å². The van der Waals surface area contributed by atoms with Crippen molar-refractivity contribution in [1.29, 1.82) is 10.5 Å². The number of nitriles is 2. The Labute approximate surface area is 85.9 Å². The topological polar surface area (TPSA) is 71.6 Å². The van der Waals surface area contributed by atoms with E-state index in [-0.39, 0.29) is 0 Å². The number of hydrogen-bond donors (Lipinski definition) is 2. The lowest BCUT2D eigenvalue weighted by Crippen LogP contribution is -2.07. The quantitative estimate of drug-likeness (QED) is 0.331. The Bertz CT molecular complexity index is 167. The first-order chi connectivity index (χ1) is 6.91. The van der Waals surface area contributed by atoms with Crippen LogP contribution in [0.4, 0.5) is 0 Å². The zero-order valence-corrected chi connectivity index (χ0v) is 8.55. The van der Waals surface area contributed by atoms with Gasteiger partial charge < -0.3 is 10.6 Å². The molecule has 0 aliphatic heterocycles. The Morgan fingerprint density at radius 1 is 0.643 bits per heavy atom. The van der Waals surface area contributed by atoms with Gasteiger partial charge in [-0.2, -0.15) is 10.5 Å². The van der Waals surface area contributed by atoms with Gasteiger partial charge in [0.05, 0.1) is 0 Å². The van der Waals surface area contributed by atoms with Crippen LogP contribution >= 0.6 is 0 Å². The highest BCUT2D eigenvalue weighted by Crippen LogP contribution is 2.04. The highest BCUT2D eigenvalue weighted by atomic mass is 14.8. The van der Waals surface area contributed by atoms with Crippen LogP contribution in [0.2, 0.25) is 0 Å². The van der Waals surface area contributed by atoms with Crippen LogP contribution in [0.5, 0.6) is 0 Å². The van der Waals surface area contributed by atoms with Gasteiger partial charge in [0.2, 0.25) is 0 Å². The number of hydrogen-bond acceptors (Lipinski definition) is 4. The van der Waals surface area contributed by atoms with E-state index in [1.165, 1.54) is 25.7 Å². The molecule has 0 aromatic heterocycles. The van der Waals surface area contributed by atoms with E-state index in [9.17, 15) is 0 Å². The fraction of sp³-hybridized carbons (Fsp3) is 0.800. The molecule has 0 rings (SSSR count). The van der Waals surface area contributed by atoms with Crippen molar-refractivity contribution in [3.05, 3.63) is 0 Å². The number of nitrogens with one attached hydrogen (secondary N) is 2. The molecule has 0 aliphatic carbocycles. The SMILES string of the molecule is N#CNCCCCCCCCNC#N. The van der Waals surface area contributed by atoms with Gasteiger partial charge in [-0.1, -0.05) is 25.7 Å². The summed E-state index contributed by atoms with van der Waals surface area (Å²) in [7, 11) is 0. The number of nitrogens with zero attached hydrogens (tertiary/aromatic N) is 2. The van der Waals surface area contributed by atoms with Crippen molar-refractivity contribution in [2.75, 3.05) is 13.1 Å². The fourth-order valence-electron chi connectivity index (χ4n) is 1.25. The summed E-state index contributed by atoms with van der Waals surface area (Å²) in [5, 5.41) is 21.6. The lowest BCUT2D eigenvalue weighted by atomic mass is 10.1. The van der Waals surface area contributed by atoms with Crippen molar-refractivity contribution in [1.82, 2.24) is 10.6 Å². The molecule has 0 heterocycles. The van der Waals surface area contributed by atoms with Crippen molar-refractivity contribution >= 4 is 0 Å². The molecule has 0 aliphatic rings. The summed E-state index contributed by atoms with van der Waals surface area (Å²) in [5.74, 6) is 0. The maximum Gasteiger partial charge on any atom is 0.176 e. The molecule has 0 aromatic carbocycles. The van der Waals surface area contributed by atoms with E-state index in [0.29, 0.717) is 0 Å². The van der Waals surface area contributed by atoms with E-state index < -0.39 is 0 Å². The van der Waals surface area contributed by atoms with Gasteiger partial charge in [0.15, 0.2) is 12.4 Å². The monoisotopic (exact) mass is 194 g/mol. The lowest BCUT2D eigenvalue weighted by Gasteiger charge is -2.00. The highest BCUT2D eigenvalue weighted by Gasteiger charge is 1.90. The van der Waals surface area contributed by atoms with E-state index in [0.717, 1.165) is 25.9 Å². The average molecular weight is 194 g/mol. The molecule has 4 heteroatoms. The van der Waals surface area contributed by atoms with Gasteiger partial charge in [0, 0.05) is 13.1 Å². The third-order valence-corrected chi connectivity index (χ3v) is 2.01. The number of rotatable bonds is 9. The van der Waals surface area contributed by atoms with E-state index in [1.54, 1.807) is 0 Å². The van der Waals surface area contributed by atoms with Crippen LogP contribution in [0.15, 0.2) is 0 Å². The van der Waals surface area contributed by atoms with Crippen LogP contribution in [0.25, 0.3) is 0 Å². The van der Waals surface area contributed by atoms with Crippen molar-refractivity contribution in [3.8, 4) is 12.4 Å². The van der Waals surface area contributed by atoms with Gasteiger partial charge in [-0.3, -0.25) is 0 Å². The molecule has 0 saturated carbocycles. The molecular formula is C10H18N4. The van der Waals surface area contributed by atoms with Crippen LogP contribution in [-0.4, -0.2) is 13.1 Å². The molecule has 0 aromatic rings. The van der Waals surface area contributed by atoms with Gasteiger partial charge in [-0.25, -0.2) is 0 Å². The van der Waals surface area contributed by atoms with Crippen molar-refractivity contribution in [3.63, 3.8) is 0 Å². The molecule has 0 fully saturated rings. The molecule has 0 spiro atoms. The maximum absolute atomic E-state index is 8.20. The third kappa shape index (κ3) is 10.6. The smallest absolute Gasteiger partial charge is 0.176 e. The summed E-state index contributed by atoms with van der Waals surface area (Å²) < 4.78 is 0. The summed E-state index contributed by atoms with van der Waals surface area (Å²) in [6, 6.07) is 0. The molecular weight excluding hydrogens is 176 g/mol. The Kier molecular flexibility index (Phi) is 10.4. The van der Waals surface area contributed by atoms with E-state index in [1.807, 2.05) is 12.4 Å². The standard InChI is InChI=1S/C10H18N4/c11-9-13-7-5-3-1-2-4-6-8-14-10-12/h13-14H,1-8H2. The molecule has 2 N–H and O–H groups in total. The molecule has 0 bridgehead atoms. The first-order valence-electron chi connectivity index (χ1n) is 5.15. The normalized spacial score (nSPS) is 8.71. The van der Waals surface area contributed by atoms with Gasteiger partial charge in [0.1, 0.15) is 0 Å². The first kappa shape index (κ1) is 12.6. The summed E-state index contributed by atoms with van der Waals surface area (Å²) >= 11 is 0. The van der Waals surface area contributed by atoms with Crippen molar-refractivity contribution < 1.29 is 0 Å². The number of unbranched alkanes of at least 4 members (excludes halogenated alkanes) is 5. The molecule has 0 radical (unpaired) electrons. The summed E-state index contributed by atoms with van der Waals surface area (Å²) in [6.07, 6.45) is 10.8. The van der Waals surface area contributed by atoms with Crippen molar-refractivity contribution in [2.45, 2.75) is 38.5 Å². The lowest BCUT2D eigenvalue weighted by molar-refractivity contribution is 0.582. The van der Waals surface area contributed by atoms with Crippen LogP contribution in [-0.2, 0) is 0 Å². The van der Waals surface area contributed by atoms with Crippen molar-refractivity contribution in [2.24, 2.45) is 0 Å². The second-order valence-electron chi connectivity index (χ2n) is 3.20. The van der Waals surface area contributed by atoms with E-state index in [4.69, 9.17) is 10.5 Å². The predicted octanol–water partition coefficient (Wildman–Crippen LogP) is 1.47. The van der Waals surface area contributed by atoms with Crippen LogP contribution in [0, 0.1) is 22.9 Å². The Morgan fingerprint density at radius 2 is 1.00 bits per heavy atom. The molecule has 0 unspecified atom stereocenters. The summed E-state index contributed by atoms with van der Waals surface area (Å²) in [6.45, 7) is 1.60. The van der Waals surface area contributed by atoms with Crippen LogP contribution in [0.1, 0.15) is 38.5 Å². The van der Waals surface area contributed by atoms with Gasteiger partial charge in [-0.15, -0.1) is 0 Å². The Morgan fingerprint density at radius 3 is 1.36 bits per heavy atom. The maximum atomic E-state index is 8.20. The minimum absolute atomic E-state index is 0.798. The second-order valence-corrected chi connectivity index (χ2v) is 3.20. The zero-order valence-electron chi connectivity index (χ0n) is 8.55. The Balaban J connectivity index is 2.86. The van der Waals surface area contributed by atoms with E-state index >= 15 is 0 Å². The second kappa shape index (κ2) is 11.6. The highest BCUT2D eigenvalue weighted by molar-refractivity contribution is 4.64. The molecule has 4 nitrogen and oxygen atoms in total. The van der Waals surface area contributed by atoms with E-state index in [2.05, 4.69) is 10.6 Å².